The number of para-hydroxylation sites is 2. The van der Waals surface area contributed by atoms with Crippen molar-refractivity contribution in [3.8, 4) is 17.1 Å². The van der Waals surface area contributed by atoms with Crippen LogP contribution in [0.25, 0.3) is 28.4 Å². The third-order valence-corrected chi connectivity index (χ3v) is 7.20. The van der Waals surface area contributed by atoms with E-state index < -0.39 is 41.6 Å². The quantitative estimate of drug-likeness (QED) is 0.437. The van der Waals surface area contributed by atoms with E-state index >= 15 is 0 Å². The van der Waals surface area contributed by atoms with Gasteiger partial charge in [0.15, 0.2) is 0 Å². The molecule has 214 valence electrons. The highest BCUT2D eigenvalue weighted by Gasteiger charge is 2.46. The Balaban J connectivity index is 1.60. The first-order valence-corrected chi connectivity index (χ1v) is 13.7. The molecule has 41 heavy (non-hydrogen) atoms. The lowest BCUT2D eigenvalue weighted by Gasteiger charge is -2.34. The number of hydrogen-bond acceptors (Lipinski definition) is 8. The van der Waals surface area contributed by atoms with Crippen molar-refractivity contribution in [3.63, 3.8) is 0 Å². The molecule has 2 aliphatic heterocycles. The molecule has 0 unspecified atom stereocenters. The van der Waals surface area contributed by atoms with E-state index in [1.807, 2.05) is 81.5 Å². The summed E-state index contributed by atoms with van der Waals surface area (Å²) in [6.07, 6.45) is 3.25. The molecule has 0 radical (unpaired) electrons. The molecule has 2 aliphatic rings. The highest BCUT2D eigenvalue weighted by Crippen LogP contribution is 2.33. The van der Waals surface area contributed by atoms with Crippen molar-refractivity contribution in [1.82, 2.24) is 20.2 Å². The van der Waals surface area contributed by atoms with Crippen LogP contribution in [0, 0.1) is 5.41 Å². The van der Waals surface area contributed by atoms with Crippen molar-refractivity contribution in [2.45, 2.75) is 51.8 Å². The van der Waals surface area contributed by atoms with Crippen LogP contribution in [0.1, 0.15) is 39.2 Å². The van der Waals surface area contributed by atoms with Crippen LogP contribution in [-0.4, -0.2) is 71.3 Å². The van der Waals surface area contributed by atoms with Crippen LogP contribution < -0.4 is 10.1 Å². The van der Waals surface area contributed by atoms with Gasteiger partial charge in [0.2, 0.25) is 11.8 Å². The van der Waals surface area contributed by atoms with Crippen LogP contribution in [-0.2, 0) is 19.1 Å². The van der Waals surface area contributed by atoms with Gasteiger partial charge in [0.25, 0.3) is 0 Å². The summed E-state index contributed by atoms with van der Waals surface area (Å²) in [6, 6.07) is 13.5. The molecule has 1 N–H and O–H groups in total. The number of fused-ring (bicyclic) bond motifs is 7. The molecule has 3 atom stereocenters. The van der Waals surface area contributed by atoms with E-state index in [-0.39, 0.29) is 19.6 Å². The van der Waals surface area contributed by atoms with Crippen molar-refractivity contribution < 1.29 is 28.6 Å². The maximum absolute atomic E-state index is 13.9. The van der Waals surface area contributed by atoms with E-state index in [1.165, 1.54) is 12.0 Å². The van der Waals surface area contributed by atoms with E-state index in [1.54, 1.807) is 0 Å². The number of methoxy groups -OCH3 is 1. The van der Waals surface area contributed by atoms with Crippen LogP contribution in [0.2, 0.25) is 0 Å². The number of hydrogen-bond donors (Lipinski definition) is 1. The average Bonchev–Trinajstić information content (AvgIpc) is 3.37. The summed E-state index contributed by atoms with van der Waals surface area (Å²) >= 11 is 0. The first kappa shape index (κ1) is 28.1. The molecular weight excluding hydrogens is 524 g/mol. The molecule has 3 heterocycles. The second kappa shape index (κ2) is 11.6. The highest BCUT2D eigenvalue weighted by molar-refractivity contribution is 5.91. The second-order valence-electron chi connectivity index (χ2n) is 11.3. The fourth-order valence-electron chi connectivity index (χ4n) is 5.10. The Labute approximate surface area is 238 Å². The first-order valence-electron chi connectivity index (χ1n) is 13.7. The van der Waals surface area contributed by atoms with E-state index in [0.717, 1.165) is 16.6 Å². The summed E-state index contributed by atoms with van der Waals surface area (Å²) in [5.41, 5.74) is 3.01. The number of carbonyl (C=O) groups excluding carboxylic acids is 3. The van der Waals surface area contributed by atoms with E-state index in [0.29, 0.717) is 23.5 Å². The smallest absolute Gasteiger partial charge is 0.407 e. The summed E-state index contributed by atoms with van der Waals surface area (Å²) in [5.74, 6) is -0.674. The maximum Gasteiger partial charge on any atom is 0.407 e. The lowest BCUT2D eigenvalue weighted by atomic mass is 9.85. The minimum absolute atomic E-state index is 0.0959. The maximum atomic E-state index is 13.9. The van der Waals surface area contributed by atoms with Crippen molar-refractivity contribution in [2.24, 2.45) is 5.41 Å². The number of esters is 1. The monoisotopic (exact) mass is 558 g/mol. The van der Waals surface area contributed by atoms with Crippen LogP contribution in [0.15, 0.2) is 54.6 Å². The zero-order chi connectivity index (χ0) is 29.1. The van der Waals surface area contributed by atoms with Crippen LogP contribution in [0.5, 0.6) is 5.88 Å². The third kappa shape index (κ3) is 6.16. The van der Waals surface area contributed by atoms with Crippen LogP contribution in [0.4, 0.5) is 4.79 Å². The number of carbonyl (C=O) groups is 3. The number of nitrogens with zero attached hydrogens (tertiary/aromatic N) is 3. The number of rotatable bonds is 1. The standard InChI is InChI=1S/C31H34N4O6/c1-31(2,3)26-28(36)35-18-21(17-24(35)29(37)39-4)41-27-25(32-22-13-5-6-14-23(22)33-27)20-12-9-11-19(16-20)10-7-8-15-40-30(38)34-26/h5-7,9-14,16,21,24,26H,8,15,17-18H2,1-4H3,(H,34,38)/t21-,24+,26-/m1/s1. The van der Waals surface area contributed by atoms with Gasteiger partial charge < -0.3 is 24.4 Å². The normalized spacial score (nSPS) is 21.7. The molecule has 0 saturated carbocycles. The van der Waals surface area contributed by atoms with Gasteiger partial charge in [0.1, 0.15) is 23.9 Å². The Kier molecular flexibility index (Phi) is 7.92. The first-order chi connectivity index (χ1) is 19.6. The highest BCUT2D eigenvalue weighted by atomic mass is 16.5. The van der Waals surface area contributed by atoms with Crippen molar-refractivity contribution in [3.05, 3.63) is 60.2 Å². The molecule has 0 spiro atoms. The largest absolute Gasteiger partial charge is 0.471 e. The number of aromatic nitrogens is 2. The number of benzene rings is 2. The SMILES string of the molecule is COC(=O)[C@@H]1C[C@@H]2CN1C(=O)[C@H](C(C)(C)C)NC(=O)OCCC=Cc1cccc(c1)-c1nc3ccccc3nc1O2. The van der Waals surface area contributed by atoms with E-state index in [9.17, 15) is 14.4 Å². The Bertz CT molecular complexity index is 1500. The summed E-state index contributed by atoms with van der Waals surface area (Å²) in [7, 11) is 1.28. The summed E-state index contributed by atoms with van der Waals surface area (Å²) in [4.78, 5) is 50.6. The van der Waals surface area contributed by atoms with Gasteiger partial charge in [-0.25, -0.2) is 19.6 Å². The predicted molar refractivity (Wildman–Crippen MR) is 153 cm³/mol. The molecule has 1 fully saturated rings. The van der Waals surface area contributed by atoms with Gasteiger partial charge in [-0.3, -0.25) is 4.79 Å². The molecule has 2 aromatic carbocycles. The minimum Gasteiger partial charge on any atom is -0.471 e. The van der Waals surface area contributed by atoms with Gasteiger partial charge in [-0.1, -0.05) is 63.3 Å². The second-order valence-corrected chi connectivity index (χ2v) is 11.3. The number of cyclic esters (lactones) is 1. The molecule has 1 saturated heterocycles. The van der Waals surface area contributed by atoms with Gasteiger partial charge in [0.05, 0.1) is 31.3 Å². The van der Waals surface area contributed by atoms with Gasteiger partial charge in [-0.2, -0.15) is 0 Å². The van der Waals surface area contributed by atoms with Crippen molar-refractivity contribution >= 4 is 35.1 Å². The molecule has 10 nitrogen and oxygen atoms in total. The number of nitrogens with one attached hydrogen (secondary N) is 1. The van der Waals surface area contributed by atoms with E-state index in [2.05, 4.69) is 5.32 Å². The van der Waals surface area contributed by atoms with Crippen LogP contribution >= 0.6 is 0 Å². The Morgan fingerprint density at radius 3 is 2.56 bits per heavy atom. The summed E-state index contributed by atoms with van der Waals surface area (Å²) < 4.78 is 16.9. The Morgan fingerprint density at radius 2 is 1.83 bits per heavy atom. The number of alkyl carbamates (subject to hydrolysis) is 1. The number of amides is 2. The molecule has 0 aliphatic carbocycles. The molecular formula is C31H34N4O6. The molecule has 10 heteroatoms. The average molecular weight is 559 g/mol. The zero-order valence-corrected chi connectivity index (χ0v) is 23.6. The Morgan fingerprint density at radius 1 is 1.07 bits per heavy atom. The lowest BCUT2D eigenvalue weighted by Crippen LogP contribution is -2.57. The predicted octanol–water partition coefficient (Wildman–Crippen LogP) is 4.38. The molecule has 2 amide bonds. The van der Waals surface area contributed by atoms with Gasteiger partial charge in [0, 0.05) is 12.0 Å². The summed E-state index contributed by atoms with van der Waals surface area (Å²) in [6.45, 7) is 5.75. The number of ether oxygens (including phenoxy) is 3. The Hall–Kier alpha value is -4.47. The lowest BCUT2D eigenvalue weighted by molar-refractivity contribution is -0.152. The molecule has 1 aromatic heterocycles. The van der Waals surface area contributed by atoms with Gasteiger partial charge >= 0.3 is 12.1 Å². The fraction of sp³-hybridized carbons (Fsp3) is 0.387. The molecule has 4 bridgehead atoms. The third-order valence-electron chi connectivity index (χ3n) is 7.20. The molecule has 5 rings (SSSR count). The fourth-order valence-corrected chi connectivity index (χ4v) is 5.10. The van der Waals surface area contributed by atoms with Crippen molar-refractivity contribution in [2.75, 3.05) is 20.3 Å². The summed E-state index contributed by atoms with van der Waals surface area (Å²) in [5, 5.41) is 2.72. The van der Waals surface area contributed by atoms with E-state index in [4.69, 9.17) is 24.2 Å². The van der Waals surface area contributed by atoms with Crippen molar-refractivity contribution in [1.29, 1.82) is 0 Å². The topological polar surface area (TPSA) is 120 Å². The van der Waals surface area contributed by atoms with Gasteiger partial charge in [-0.05, 0) is 35.6 Å². The van der Waals surface area contributed by atoms with Crippen LogP contribution in [0.3, 0.4) is 0 Å². The molecule has 3 aromatic rings. The minimum atomic E-state index is -0.953. The zero-order valence-electron chi connectivity index (χ0n) is 23.6. The van der Waals surface area contributed by atoms with Gasteiger partial charge in [-0.15, -0.1) is 0 Å².